The van der Waals surface area contributed by atoms with Crippen molar-refractivity contribution in [2.75, 3.05) is 12.9 Å². The molecule has 1 fully saturated rings. The number of carboxylic acids is 1. The summed E-state index contributed by atoms with van der Waals surface area (Å²) in [4.78, 5) is 11.2. The molecule has 0 spiro atoms. The Kier molecular flexibility index (Phi) is 7.04. The van der Waals surface area contributed by atoms with Crippen LogP contribution in [0.15, 0.2) is 0 Å². The molecular weight excluding hydrogens is 250 g/mol. The minimum Gasteiger partial charge on any atom is -0.480 e. The van der Waals surface area contributed by atoms with Gasteiger partial charge in [0, 0.05) is 17.9 Å². The molecule has 0 saturated heterocycles. The van der Waals surface area contributed by atoms with E-state index in [1.165, 1.54) is 0 Å². The van der Waals surface area contributed by atoms with Gasteiger partial charge in [-0.2, -0.15) is 11.8 Å². The maximum atomic E-state index is 11.2. The van der Waals surface area contributed by atoms with Crippen molar-refractivity contribution in [1.29, 1.82) is 0 Å². The first-order valence-electron chi connectivity index (χ1n) is 6.77. The average Bonchev–Trinajstić information content (AvgIpc) is 2.31. The van der Waals surface area contributed by atoms with Gasteiger partial charge >= 0.3 is 5.97 Å². The van der Waals surface area contributed by atoms with Crippen LogP contribution in [0.3, 0.4) is 0 Å². The molecule has 1 aliphatic carbocycles. The zero-order valence-electron chi connectivity index (χ0n) is 11.5. The van der Waals surface area contributed by atoms with E-state index in [-0.39, 0.29) is 12.1 Å². The van der Waals surface area contributed by atoms with Gasteiger partial charge in [-0.3, -0.25) is 4.79 Å². The number of hydrogen-bond donors (Lipinski definition) is 2. The maximum absolute atomic E-state index is 11.2. The summed E-state index contributed by atoms with van der Waals surface area (Å²) >= 11 is 1.76. The maximum Gasteiger partial charge on any atom is 0.320 e. The van der Waals surface area contributed by atoms with Crippen LogP contribution in [0.2, 0.25) is 0 Å². The van der Waals surface area contributed by atoms with Crippen LogP contribution in [-0.4, -0.2) is 47.4 Å². The first kappa shape index (κ1) is 15.8. The molecule has 3 unspecified atom stereocenters. The largest absolute Gasteiger partial charge is 0.480 e. The van der Waals surface area contributed by atoms with Crippen LogP contribution in [-0.2, 0) is 9.53 Å². The number of hydrogen-bond acceptors (Lipinski definition) is 4. The molecule has 0 aliphatic heterocycles. The van der Waals surface area contributed by atoms with Crippen LogP contribution in [0.1, 0.15) is 39.5 Å². The quantitative estimate of drug-likeness (QED) is 0.675. The second kappa shape index (κ2) is 8.02. The molecule has 2 N–H and O–H groups in total. The van der Waals surface area contributed by atoms with Crippen molar-refractivity contribution < 1.29 is 14.6 Å². The molecule has 18 heavy (non-hydrogen) atoms. The van der Waals surface area contributed by atoms with Crippen LogP contribution < -0.4 is 5.32 Å². The lowest BCUT2D eigenvalue weighted by atomic mass is 9.87. The lowest BCUT2D eigenvalue weighted by Gasteiger charge is -2.44. The van der Waals surface area contributed by atoms with Gasteiger partial charge < -0.3 is 15.2 Å². The van der Waals surface area contributed by atoms with Crippen LogP contribution in [0.25, 0.3) is 0 Å². The second-order valence-corrected chi connectivity index (χ2v) is 5.75. The van der Waals surface area contributed by atoms with Gasteiger partial charge in [0.2, 0.25) is 0 Å². The standard InChI is InChI=1S/C13H25NO3S/c1-4-6-7-9(13(15)16)14-10-8-11(17-5-2)12(10)18-3/h9-12,14H,4-8H2,1-3H3,(H,15,16)/t9-,10?,11?,12?/m0/s1. The smallest absolute Gasteiger partial charge is 0.320 e. The van der Waals surface area contributed by atoms with E-state index in [2.05, 4.69) is 18.5 Å². The van der Waals surface area contributed by atoms with Crippen molar-refractivity contribution in [2.45, 2.75) is 63.0 Å². The molecular formula is C13H25NO3S. The Bertz CT molecular complexity index is 263. The first-order valence-corrected chi connectivity index (χ1v) is 8.06. The van der Waals surface area contributed by atoms with Gasteiger partial charge in [-0.25, -0.2) is 0 Å². The van der Waals surface area contributed by atoms with E-state index in [9.17, 15) is 9.90 Å². The van der Waals surface area contributed by atoms with Gasteiger partial charge in [-0.1, -0.05) is 19.8 Å². The number of carbonyl (C=O) groups is 1. The summed E-state index contributed by atoms with van der Waals surface area (Å²) in [6.45, 7) is 4.81. The van der Waals surface area contributed by atoms with Crippen LogP contribution in [0.4, 0.5) is 0 Å². The molecule has 0 bridgehead atoms. The minimum atomic E-state index is -0.733. The first-order chi connectivity index (χ1) is 8.63. The summed E-state index contributed by atoms with van der Waals surface area (Å²) in [5, 5.41) is 12.9. The van der Waals surface area contributed by atoms with E-state index in [1.54, 1.807) is 11.8 Å². The number of unbranched alkanes of at least 4 members (excludes halogenated alkanes) is 1. The van der Waals surface area contributed by atoms with Gasteiger partial charge in [-0.05, 0) is 26.0 Å². The number of aliphatic carboxylic acids is 1. The third-order valence-corrected chi connectivity index (χ3v) is 4.64. The normalized spacial score (nSPS) is 28.7. The summed E-state index contributed by atoms with van der Waals surface area (Å²) in [6.07, 6.45) is 5.96. The molecule has 0 aromatic heterocycles. The highest BCUT2D eigenvalue weighted by Crippen LogP contribution is 2.33. The summed E-state index contributed by atoms with van der Waals surface area (Å²) in [5.41, 5.74) is 0. The summed E-state index contributed by atoms with van der Waals surface area (Å²) in [7, 11) is 0. The third-order valence-electron chi connectivity index (χ3n) is 3.46. The van der Waals surface area contributed by atoms with E-state index in [0.717, 1.165) is 25.9 Å². The van der Waals surface area contributed by atoms with Gasteiger partial charge in [-0.15, -0.1) is 0 Å². The average molecular weight is 275 g/mol. The van der Waals surface area contributed by atoms with Crippen LogP contribution in [0.5, 0.6) is 0 Å². The molecule has 0 aromatic rings. The second-order valence-electron chi connectivity index (χ2n) is 4.74. The molecule has 0 radical (unpaired) electrons. The molecule has 4 nitrogen and oxygen atoms in total. The molecule has 5 heteroatoms. The Hall–Kier alpha value is -0.260. The van der Waals surface area contributed by atoms with Crippen molar-refractivity contribution in [1.82, 2.24) is 5.32 Å². The van der Waals surface area contributed by atoms with E-state index >= 15 is 0 Å². The third kappa shape index (κ3) is 4.14. The molecule has 1 rings (SSSR count). The van der Waals surface area contributed by atoms with Crippen LogP contribution in [0, 0.1) is 0 Å². The van der Waals surface area contributed by atoms with E-state index < -0.39 is 12.0 Å². The van der Waals surface area contributed by atoms with E-state index in [0.29, 0.717) is 11.7 Å². The zero-order chi connectivity index (χ0) is 13.5. The highest BCUT2D eigenvalue weighted by Gasteiger charge is 2.42. The molecule has 1 aliphatic rings. The highest BCUT2D eigenvalue weighted by molar-refractivity contribution is 7.99. The van der Waals surface area contributed by atoms with E-state index in [1.807, 2.05) is 6.92 Å². The SMILES string of the molecule is CCCC[C@H](NC1CC(OCC)C1SC)C(=O)O. The Morgan fingerprint density at radius 1 is 1.56 bits per heavy atom. The van der Waals surface area contributed by atoms with Crippen molar-refractivity contribution in [3.05, 3.63) is 0 Å². The fraction of sp³-hybridized carbons (Fsp3) is 0.923. The van der Waals surface area contributed by atoms with E-state index in [4.69, 9.17) is 4.74 Å². The Labute approximate surface area is 114 Å². The lowest BCUT2D eigenvalue weighted by Crippen LogP contribution is -2.60. The molecule has 0 heterocycles. The van der Waals surface area contributed by atoms with Gasteiger partial charge in [0.1, 0.15) is 6.04 Å². The van der Waals surface area contributed by atoms with Gasteiger partial charge in [0.05, 0.1) is 6.10 Å². The summed E-state index contributed by atoms with van der Waals surface area (Å²) in [6, 6.07) is -0.137. The predicted octanol–water partition coefficient (Wildman–Crippen LogP) is 2.13. The van der Waals surface area contributed by atoms with Gasteiger partial charge in [0.25, 0.3) is 0 Å². The lowest BCUT2D eigenvalue weighted by molar-refractivity contribution is -0.140. The Balaban J connectivity index is 2.42. The minimum absolute atomic E-state index is 0.273. The number of carboxylic acid groups (broad SMARTS) is 1. The summed E-state index contributed by atoms with van der Waals surface area (Å²) in [5.74, 6) is -0.733. The Morgan fingerprint density at radius 2 is 2.28 bits per heavy atom. The topological polar surface area (TPSA) is 58.6 Å². The Morgan fingerprint density at radius 3 is 2.78 bits per heavy atom. The number of thioether (sulfide) groups is 1. The molecule has 0 aromatic carbocycles. The monoisotopic (exact) mass is 275 g/mol. The molecule has 0 amide bonds. The van der Waals surface area contributed by atoms with Gasteiger partial charge in [0.15, 0.2) is 0 Å². The fourth-order valence-corrected chi connectivity index (χ4v) is 3.39. The number of rotatable bonds is 9. The predicted molar refractivity (Wildman–Crippen MR) is 75.2 cm³/mol. The number of ether oxygens (including phenoxy) is 1. The number of nitrogens with one attached hydrogen (secondary N) is 1. The molecule has 106 valence electrons. The zero-order valence-corrected chi connectivity index (χ0v) is 12.3. The summed E-state index contributed by atoms with van der Waals surface area (Å²) < 4.78 is 5.63. The highest BCUT2D eigenvalue weighted by atomic mass is 32.2. The molecule has 1 saturated carbocycles. The van der Waals surface area contributed by atoms with Crippen molar-refractivity contribution in [3.63, 3.8) is 0 Å². The van der Waals surface area contributed by atoms with Crippen molar-refractivity contribution in [2.24, 2.45) is 0 Å². The van der Waals surface area contributed by atoms with Crippen LogP contribution >= 0.6 is 11.8 Å². The molecule has 4 atom stereocenters. The van der Waals surface area contributed by atoms with Crippen molar-refractivity contribution >= 4 is 17.7 Å². The van der Waals surface area contributed by atoms with Crippen molar-refractivity contribution in [3.8, 4) is 0 Å². The fourth-order valence-electron chi connectivity index (χ4n) is 2.38.